The number of benzene rings is 1. The van der Waals surface area contributed by atoms with Gasteiger partial charge < -0.3 is 14.5 Å². The van der Waals surface area contributed by atoms with Crippen LogP contribution in [0.25, 0.3) is 0 Å². The summed E-state index contributed by atoms with van der Waals surface area (Å²) in [7, 11) is 0. The van der Waals surface area contributed by atoms with Crippen LogP contribution in [0.2, 0.25) is 5.02 Å². The molecule has 1 aromatic heterocycles. The molecule has 2 amide bonds. The van der Waals surface area contributed by atoms with E-state index in [1.54, 1.807) is 16.2 Å². The van der Waals surface area contributed by atoms with Crippen molar-refractivity contribution in [2.75, 3.05) is 32.8 Å². The summed E-state index contributed by atoms with van der Waals surface area (Å²) >= 11 is 7.84. The fraction of sp³-hybridized carbons (Fsp3) is 0.500. The molecule has 2 aromatic rings. The molecule has 1 atom stereocenters. The molecule has 0 radical (unpaired) electrons. The predicted octanol–water partition coefficient (Wildman–Crippen LogP) is 4.93. The third-order valence-corrected chi connectivity index (χ3v) is 6.78. The second kappa shape index (κ2) is 11.7. The summed E-state index contributed by atoms with van der Waals surface area (Å²) in [5.41, 5.74) is 2.22. The smallest absolute Gasteiger partial charge is 0.242 e. The summed E-state index contributed by atoms with van der Waals surface area (Å²) in [5.74, 6) is 0.0151. The maximum Gasteiger partial charge on any atom is 0.242 e. The van der Waals surface area contributed by atoms with Crippen molar-refractivity contribution >= 4 is 34.8 Å². The van der Waals surface area contributed by atoms with Crippen molar-refractivity contribution < 1.29 is 14.3 Å². The Balaban J connectivity index is 1.79. The van der Waals surface area contributed by atoms with Crippen molar-refractivity contribution in [3.8, 4) is 0 Å². The average Bonchev–Trinajstić information content (AvgIpc) is 3.25. The normalized spacial score (nSPS) is 15.6. The van der Waals surface area contributed by atoms with Crippen LogP contribution in [0.4, 0.5) is 0 Å². The van der Waals surface area contributed by atoms with E-state index < -0.39 is 0 Å². The van der Waals surface area contributed by atoms with E-state index in [-0.39, 0.29) is 24.4 Å². The molecular formula is C24H31ClN2O3S. The minimum Gasteiger partial charge on any atom is -0.382 e. The molecule has 0 spiro atoms. The highest BCUT2D eigenvalue weighted by Crippen LogP contribution is 2.38. The zero-order chi connectivity index (χ0) is 22.2. The third kappa shape index (κ3) is 6.09. The molecule has 0 N–H and O–H groups in total. The lowest BCUT2D eigenvalue weighted by molar-refractivity contribution is -0.142. The van der Waals surface area contributed by atoms with Crippen molar-refractivity contribution in [3.05, 3.63) is 56.7 Å². The van der Waals surface area contributed by atoms with E-state index >= 15 is 0 Å². The first kappa shape index (κ1) is 23.8. The summed E-state index contributed by atoms with van der Waals surface area (Å²) in [4.78, 5) is 31.1. The van der Waals surface area contributed by atoms with Gasteiger partial charge in [-0.2, -0.15) is 0 Å². The molecule has 1 aromatic carbocycles. The van der Waals surface area contributed by atoms with Crippen LogP contribution >= 0.6 is 22.9 Å². The second-order valence-corrected chi connectivity index (χ2v) is 9.14. The number of rotatable bonds is 10. The fourth-order valence-corrected chi connectivity index (χ4v) is 5.04. The maximum atomic E-state index is 13.5. The highest BCUT2D eigenvalue weighted by Gasteiger charge is 2.33. The van der Waals surface area contributed by atoms with Crippen LogP contribution in [0, 0.1) is 0 Å². The molecule has 0 saturated heterocycles. The van der Waals surface area contributed by atoms with Crippen molar-refractivity contribution in [2.45, 2.75) is 45.6 Å². The monoisotopic (exact) mass is 462 g/mol. The van der Waals surface area contributed by atoms with Gasteiger partial charge in [0.05, 0.1) is 12.6 Å². The van der Waals surface area contributed by atoms with Crippen molar-refractivity contribution in [1.29, 1.82) is 0 Å². The minimum absolute atomic E-state index is 0.0161. The van der Waals surface area contributed by atoms with E-state index in [0.717, 1.165) is 24.8 Å². The zero-order valence-electron chi connectivity index (χ0n) is 18.3. The molecule has 7 heteroatoms. The number of ether oxygens (including phenoxy) is 1. The first-order valence-electron chi connectivity index (χ1n) is 11.0. The molecule has 3 rings (SSSR count). The lowest BCUT2D eigenvalue weighted by Crippen LogP contribution is -2.47. The number of hydrogen-bond donors (Lipinski definition) is 0. The Morgan fingerprint density at radius 1 is 1.23 bits per heavy atom. The van der Waals surface area contributed by atoms with Crippen molar-refractivity contribution in [2.24, 2.45) is 0 Å². The highest BCUT2D eigenvalue weighted by atomic mass is 35.5. The first-order valence-corrected chi connectivity index (χ1v) is 12.3. The van der Waals surface area contributed by atoms with Crippen LogP contribution in [0.1, 0.15) is 55.2 Å². The van der Waals surface area contributed by atoms with Gasteiger partial charge in [-0.1, -0.05) is 30.7 Å². The average molecular weight is 463 g/mol. The quantitative estimate of drug-likeness (QED) is 0.470. The van der Waals surface area contributed by atoms with Gasteiger partial charge in [-0.25, -0.2) is 0 Å². The number of nitrogens with zero attached hydrogens (tertiary/aromatic N) is 2. The molecule has 0 fully saturated rings. The van der Waals surface area contributed by atoms with Crippen LogP contribution in [0.5, 0.6) is 0 Å². The second-order valence-electron chi connectivity index (χ2n) is 7.71. The molecule has 1 unspecified atom stereocenters. The Labute approximate surface area is 193 Å². The van der Waals surface area contributed by atoms with Gasteiger partial charge in [0.25, 0.3) is 0 Å². The van der Waals surface area contributed by atoms with Crippen molar-refractivity contribution in [1.82, 2.24) is 9.80 Å². The molecule has 31 heavy (non-hydrogen) atoms. The van der Waals surface area contributed by atoms with Crippen LogP contribution in [0.15, 0.2) is 35.7 Å². The van der Waals surface area contributed by atoms with E-state index in [2.05, 4.69) is 11.4 Å². The third-order valence-electron chi connectivity index (χ3n) is 5.54. The van der Waals surface area contributed by atoms with E-state index in [4.69, 9.17) is 16.3 Å². The van der Waals surface area contributed by atoms with E-state index in [0.29, 0.717) is 37.7 Å². The van der Waals surface area contributed by atoms with E-state index in [9.17, 15) is 9.59 Å². The van der Waals surface area contributed by atoms with E-state index in [1.807, 2.05) is 43.0 Å². The first-order chi connectivity index (χ1) is 15.0. The molecule has 168 valence electrons. The molecule has 0 bridgehead atoms. The number of halogens is 1. The number of fused-ring (bicyclic) bond motifs is 1. The van der Waals surface area contributed by atoms with Crippen LogP contribution in [-0.4, -0.2) is 54.5 Å². The molecule has 1 aliphatic heterocycles. The highest BCUT2D eigenvalue weighted by molar-refractivity contribution is 7.10. The van der Waals surface area contributed by atoms with Gasteiger partial charge in [0.1, 0.15) is 0 Å². The standard InChI is InChI=1S/C24H31ClN2O3S/c1-3-6-22(28)26(13-5-15-30-4-2)17-23(29)27-14-11-21-20(12-16-31-21)24(27)18-7-9-19(25)10-8-18/h7-10,12,16,24H,3-6,11,13-15,17H2,1-2H3. The van der Waals surface area contributed by atoms with Gasteiger partial charge in [-0.15, -0.1) is 11.3 Å². The van der Waals surface area contributed by atoms with Gasteiger partial charge in [0.15, 0.2) is 0 Å². The number of hydrogen-bond acceptors (Lipinski definition) is 4. The van der Waals surface area contributed by atoms with Gasteiger partial charge in [0, 0.05) is 42.6 Å². The number of carbonyl (C=O) groups excluding carboxylic acids is 2. The lowest BCUT2D eigenvalue weighted by atomic mass is 9.93. The molecule has 0 saturated carbocycles. The Hall–Kier alpha value is -1.89. The number of carbonyl (C=O) groups is 2. The SMILES string of the molecule is CCCC(=O)N(CCCOCC)CC(=O)N1CCc2sccc2C1c1ccc(Cl)cc1. The van der Waals surface area contributed by atoms with Gasteiger partial charge in [-0.05, 0) is 60.9 Å². The zero-order valence-corrected chi connectivity index (χ0v) is 19.9. The van der Waals surface area contributed by atoms with Crippen molar-refractivity contribution in [3.63, 3.8) is 0 Å². The molecular weight excluding hydrogens is 432 g/mol. The number of thiophene rings is 1. The Morgan fingerprint density at radius 3 is 2.71 bits per heavy atom. The molecule has 2 heterocycles. The van der Waals surface area contributed by atoms with Crippen LogP contribution in [0.3, 0.4) is 0 Å². The predicted molar refractivity (Wildman–Crippen MR) is 126 cm³/mol. The molecule has 5 nitrogen and oxygen atoms in total. The topological polar surface area (TPSA) is 49.9 Å². The van der Waals surface area contributed by atoms with Gasteiger partial charge in [-0.3, -0.25) is 9.59 Å². The fourth-order valence-electron chi connectivity index (χ4n) is 4.01. The Kier molecular flexibility index (Phi) is 8.93. The Morgan fingerprint density at radius 2 is 2.00 bits per heavy atom. The maximum absolute atomic E-state index is 13.5. The summed E-state index contributed by atoms with van der Waals surface area (Å²) in [5, 5.41) is 2.76. The summed E-state index contributed by atoms with van der Waals surface area (Å²) in [6.07, 6.45) is 2.80. The minimum atomic E-state index is -0.147. The van der Waals surface area contributed by atoms with Crippen LogP contribution < -0.4 is 0 Å². The summed E-state index contributed by atoms with van der Waals surface area (Å²) in [6.45, 7) is 6.47. The van der Waals surface area contributed by atoms with Gasteiger partial charge >= 0.3 is 0 Å². The molecule has 1 aliphatic rings. The van der Waals surface area contributed by atoms with E-state index in [1.165, 1.54) is 10.4 Å². The summed E-state index contributed by atoms with van der Waals surface area (Å²) < 4.78 is 5.42. The number of amides is 2. The van der Waals surface area contributed by atoms with Gasteiger partial charge in [0.2, 0.25) is 11.8 Å². The molecule has 0 aliphatic carbocycles. The lowest BCUT2D eigenvalue weighted by Gasteiger charge is -2.37. The Bertz CT molecular complexity index is 868. The summed E-state index contributed by atoms with van der Waals surface area (Å²) in [6, 6.07) is 9.67. The largest absolute Gasteiger partial charge is 0.382 e. The van der Waals surface area contributed by atoms with Crippen LogP contribution in [-0.2, 0) is 20.7 Å².